The predicted molar refractivity (Wildman–Crippen MR) is 80.1 cm³/mol. The lowest BCUT2D eigenvalue weighted by molar-refractivity contribution is 0.449. The van der Waals surface area contributed by atoms with E-state index in [0.29, 0.717) is 6.42 Å². The average Bonchev–Trinajstić information content (AvgIpc) is 2.87. The molecule has 1 aliphatic heterocycles. The fourth-order valence-electron chi connectivity index (χ4n) is 2.28. The minimum absolute atomic E-state index is 0.0359. The molecule has 11 heteroatoms. The number of rotatable bonds is 4. The zero-order chi connectivity index (χ0) is 17.3. The van der Waals surface area contributed by atoms with Crippen LogP contribution in [0.1, 0.15) is 6.42 Å². The highest BCUT2D eigenvalue weighted by molar-refractivity contribution is 7.91. The summed E-state index contributed by atoms with van der Waals surface area (Å²) in [4.78, 5) is 4.00. The first-order valence-corrected chi connectivity index (χ1v) is 8.73. The number of nitrogens with zero attached hydrogens (tertiary/aromatic N) is 3. The molecule has 0 bridgehead atoms. The number of nitrogens with one attached hydrogen (secondary N) is 2. The Labute approximate surface area is 135 Å². The van der Waals surface area contributed by atoms with Gasteiger partial charge in [0.15, 0.2) is 33.1 Å². The van der Waals surface area contributed by atoms with E-state index in [9.17, 15) is 21.6 Å². The Morgan fingerprint density at radius 1 is 1.17 bits per heavy atom. The molecule has 1 aliphatic rings. The van der Waals surface area contributed by atoms with Crippen LogP contribution >= 0.6 is 0 Å². The first-order valence-electron chi connectivity index (χ1n) is 6.91. The topological polar surface area (TPSA) is 96.9 Å². The fourth-order valence-corrected chi connectivity index (χ4v) is 3.95. The normalized spacial score (nSPS) is 19.2. The largest absolute Gasteiger partial charge is 0.349 e. The van der Waals surface area contributed by atoms with Crippen molar-refractivity contribution in [2.24, 2.45) is 0 Å². The van der Waals surface area contributed by atoms with Gasteiger partial charge in [0.25, 0.3) is 0 Å². The highest BCUT2D eigenvalue weighted by atomic mass is 32.2. The monoisotopic (exact) mass is 359 g/mol. The maximum Gasteiger partial charge on any atom is 0.244 e. The number of sulfone groups is 1. The van der Waals surface area contributed by atoms with E-state index < -0.39 is 27.3 Å². The fraction of sp³-hybridized carbons (Fsp3) is 0.308. The van der Waals surface area contributed by atoms with Gasteiger partial charge in [0, 0.05) is 6.04 Å². The molecule has 1 saturated heterocycles. The summed E-state index contributed by atoms with van der Waals surface area (Å²) in [7, 11) is -3.07. The number of hydrogen-bond acceptors (Lipinski definition) is 7. The van der Waals surface area contributed by atoms with E-state index in [1.807, 2.05) is 0 Å². The molecule has 1 atom stereocenters. The molecular weight excluding hydrogens is 347 g/mol. The van der Waals surface area contributed by atoms with Gasteiger partial charge in [0.05, 0.1) is 23.4 Å². The summed E-state index contributed by atoms with van der Waals surface area (Å²) in [5, 5.41) is 12.7. The third kappa shape index (κ3) is 3.55. The van der Waals surface area contributed by atoms with Crippen molar-refractivity contribution >= 4 is 27.3 Å². The Morgan fingerprint density at radius 2 is 1.96 bits per heavy atom. The van der Waals surface area contributed by atoms with Crippen molar-refractivity contribution in [3.8, 4) is 0 Å². The van der Waals surface area contributed by atoms with Crippen molar-refractivity contribution in [2.45, 2.75) is 12.5 Å². The molecule has 1 aromatic carbocycles. The van der Waals surface area contributed by atoms with Crippen LogP contribution in [0, 0.1) is 17.5 Å². The van der Waals surface area contributed by atoms with Gasteiger partial charge in [0.1, 0.15) is 0 Å². The van der Waals surface area contributed by atoms with Crippen LogP contribution in [-0.2, 0) is 9.84 Å². The highest BCUT2D eigenvalue weighted by Gasteiger charge is 2.28. The van der Waals surface area contributed by atoms with Crippen LogP contribution in [0.25, 0.3) is 0 Å². The Hall–Kier alpha value is -2.43. The zero-order valence-electron chi connectivity index (χ0n) is 12.1. The van der Waals surface area contributed by atoms with Crippen LogP contribution in [0.3, 0.4) is 0 Å². The summed E-state index contributed by atoms with van der Waals surface area (Å²) in [5.41, 5.74) is -0.316. The van der Waals surface area contributed by atoms with Gasteiger partial charge in [-0.05, 0) is 18.6 Å². The molecule has 2 heterocycles. The third-order valence-electron chi connectivity index (χ3n) is 3.42. The smallest absolute Gasteiger partial charge is 0.244 e. The molecule has 7 nitrogen and oxygen atoms in total. The summed E-state index contributed by atoms with van der Waals surface area (Å²) in [6.45, 7) is 0. The van der Waals surface area contributed by atoms with Crippen LogP contribution in [0.5, 0.6) is 0 Å². The molecule has 0 spiro atoms. The summed E-state index contributed by atoms with van der Waals surface area (Å²) in [5.74, 6) is -4.16. The molecule has 1 fully saturated rings. The predicted octanol–water partition coefficient (Wildman–Crippen LogP) is 1.63. The van der Waals surface area contributed by atoms with Crippen molar-refractivity contribution < 1.29 is 21.6 Å². The van der Waals surface area contributed by atoms with Gasteiger partial charge in [0.2, 0.25) is 5.95 Å². The van der Waals surface area contributed by atoms with Crippen LogP contribution in [0.2, 0.25) is 0 Å². The second-order valence-corrected chi connectivity index (χ2v) is 7.49. The van der Waals surface area contributed by atoms with Gasteiger partial charge < -0.3 is 10.6 Å². The number of aromatic nitrogens is 3. The van der Waals surface area contributed by atoms with Crippen LogP contribution in [0.15, 0.2) is 18.3 Å². The van der Waals surface area contributed by atoms with E-state index in [1.54, 1.807) is 0 Å². The van der Waals surface area contributed by atoms with Crippen molar-refractivity contribution in [1.82, 2.24) is 15.2 Å². The lowest BCUT2D eigenvalue weighted by Crippen LogP contribution is -2.22. The van der Waals surface area contributed by atoms with Crippen molar-refractivity contribution in [2.75, 3.05) is 22.1 Å². The first-order chi connectivity index (χ1) is 11.3. The molecule has 2 N–H and O–H groups in total. The molecular formula is C13H12F3N5O2S. The van der Waals surface area contributed by atoms with Crippen LogP contribution < -0.4 is 10.6 Å². The van der Waals surface area contributed by atoms with Gasteiger partial charge >= 0.3 is 0 Å². The second-order valence-electron chi connectivity index (χ2n) is 5.26. The molecule has 3 rings (SSSR count). The molecule has 24 heavy (non-hydrogen) atoms. The first kappa shape index (κ1) is 16.4. The summed E-state index contributed by atoms with van der Waals surface area (Å²) >= 11 is 0. The molecule has 0 radical (unpaired) electrons. The van der Waals surface area contributed by atoms with E-state index >= 15 is 0 Å². The van der Waals surface area contributed by atoms with Crippen molar-refractivity contribution in [3.63, 3.8) is 0 Å². The van der Waals surface area contributed by atoms with E-state index in [0.717, 1.165) is 18.3 Å². The van der Waals surface area contributed by atoms with Gasteiger partial charge in [-0.1, -0.05) is 0 Å². The molecule has 0 amide bonds. The van der Waals surface area contributed by atoms with Gasteiger partial charge in [-0.25, -0.2) is 21.6 Å². The van der Waals surface area contributed by atoms with Gasteiger partial charge in [-0.2, -0.15) is 10.1 Å². The number of anilines is 3. The van der Waals surface area contributed by atoms with Gasteiger partial charge in [-0.3, -0.25) is 0 Å². The number of benzene rings is 1. The maximum atomic E-state index is 13.6. The van der Waals surface area contributed by atoms with E-state index in [1.165, 1.54) is 0 Å². The van der Waals surface area contributed by atoms with Gasteiger partial charge in [-0.15, -0.1) is 5.10 Å². The molecule has 1 unspecified atom stereocenters. The van der Waals surface area contributed by atoms with Crippen molar-refractivity contribution in [1.29, 1.82) is 0 Å². The Balaban J connectivity index is 1.75. The lowest BCUT2D eigenvalue weighted by Gasteiger charge is -2.11. The SMILES string of the molecule is O=S1(=O)CCC(Nc2nncc(Nc3ccc(F)c(F)c3F)n2)C1. The minimum Gasteiger partial charge on any atom is -0.349 e. The summed E-state index contributed by atoms with van der Waals surface area (Å²) < 4.78 is 62.6. The molecule has 2 aromatic rings. The van der Waals surface area contributed by atoms with Crippen LogP contribution in [-0.4, -0.2) is 41.1 Å². The lowest BCUT2D eigenvalue weighted by atomic mass is 10.3. The Bertz CT molecular complexity index is 878. The quantitative estimate of drug-likeness (QED) is 0.801. The summed E-state index contributed by atoms with van der Waals surface area (Å²) in [6.07, 6.45) is 1.58. The molecule has 1 aromatic heterocycles. The maximum absolute atomic E-state index is 13.6. The third-order valence-corrected chi connectivity index (χ3v) is 5.19. The van der Waals surface area contributed by atoms with Crippen LogP contribution in [0.4, 0.5) is 30.6 Å². The second kappa shape index (κ2) is 6.23. The number of halogens is 3. The Kier molecular flexibility index (Phi) is 4.26. The number of hydrogen-bond donors (Lipinski definition) is 2. The molecule has 128 valence electrons. The zero-order valence-corrected chi connectivity index (χ0v) is 12.9. The minimum atomic E-state index is -3.07. The average molecular weight is 359 g/mol. The van der Waals surface area contributed by atoms with E-state index in [4.69, 9.17) is 0 Å². The van der Waals surface area contributed by atoms with E-state index in [-0.39, 0.29) is 35.0 Å². The molecule has 0 aliphatic carbocycles. The van der Waals surface area contributed by atoms with Crippen molar-refractivity contribution in [3.05, 3.63) is 35.8 Å². The summed E-state index contributed by atoms with van der Waals surface area (Å²) in [6, 6.07) is 1.46. The molecule has 0 saturated carbocycles. The highest BCUT2D eigenvalue weighted by Crippen LogP contribution is 2.23. The Morgan fingerprint density at radius 3 is 2.67 bits per heavy atom. The van der Waals surface area contributed by atoms with E-state index in [2.05, 4.69) is 25.8 Å². The standard InChI is InChI=1S/C13H12F3N5O2S/c14-8-1-2-9(12(16)11(8)15)19-10-5-17-21-13(20-10)18-7-3-4-24(22,23)6-7/h1-2,5,7H,3-4,6H2,(H2,18,19,20,21).